The summed E-state index contributed by atoms with van der Waals surface area (Å²) in [4.78, 5) is 4.48. The highest BCUT2D eigenvalue weighted by atomic mass is 15.2. The van der Waals surface area contributed by atoms with Gasteiger partial charge in [-0.2, -0.15) is 0 Å². The van der Waals surface area contributed by atoms with Gasteiger partial charge in [0, 0.05) is 22.4 Å². The van der Waals surface area contributed by atoms with E-state index in [1.54, 1.807) is 6.20 Å². The third kappa shape index (κ3) is 2.40. The molecule has 0 saturated carbocycles. The highest BCUT2D eigenvalue weighted by Crippen LogP contribution is 2.30. The summed E-state index contributed by atoms with van der Waals surface area (Å²) in [7, 11) is 0. The van der Waals surface area contributed by atoms with Gasteiger partial charge in [-0.05, 0) is 37.4 Å². The second-order valence-electron chi connectivity index (χ2n) is 5.99. The minimum atomic E-state index is 0.431. The van der Waals surface area contributed by atoms with E-state index in [-0.39, 0.29) is 0 Å². The van der Waals surface area contributed by atoms with Crippen LogP contribution in [-0.4, -0.2) is 15.2 Å². The number of rotatable bonds is 2. The molecular weight excluding hydrogens is 298 g/mol. The van der Waals surface area contributed by atoms with Gasteiger partial charge in [-0.25, -0.2) is 4.98 Å². The number of hydrogen-bond donors (Lipinski definition) is 2. The van der Waals surface area contributed by atoms with E-state index in [2.05, 4.69) is 45.6 Å². The molecule has 2 aromatic heterocycles. The Bertz CT molecular complexity index is 1070. The zero-order valence-corrected chi connectivity index (χ0v) is 13.5. The highest BCUT2D eigenvalue weighted by Gasteiger charge is 2.10. The number of nitrogens with zero attached hydrogens (tertiary/aromatic N) is 3. The van der Waals surface area contributed by atoms with Crippen LogP contribution in [0.15, 0.2) is 48.7 Å². The van der Waals surface area contributed by atoms with E-state index in [0.29, 0.717) is 11.6 Å². The predicted molar refractivity (Wildman–Crippen MR) is 98.5 cm³/mol. The minimum absolute atomic E-state index is 0.431. The second-order valence-corrected chi connectivity index (χ2v) is 5.99. The summed E-state index contributed by atoms with van der Waals surface area (Å²) in [6.45, 7) is 4.10. The van der Waals surface area contributed by atoms with Gasteiger partial charge in [0.15, 0.2) is 11.6 Å². The Kier molecular flexibility index (Phi) is 3.27. The van der Waals surface area contributed by atoms with E-state index in [0.717, 1.165) is 32.9 Å². The molecule has 0 bridgehead atoms. The molecule has 118 valence electrons. The maximum Gasteiger partial charge on any atom is 0.162 e. The number of nitrogens with two attached hydrogens (primary N) is 1. The largest absolute Gasteiger partial charge is 0.382 e. The zero-order valence-electron chi connectivity index (χ0n) is 13.5. The van der Waals surface area contributed by atoms with E-state index >= 15 is 0 Å². The first kappa shape index (κ1) is 14.4. The standard InChI is InChI=1S/C19H17N5/c1-11-3-5-13-7-8-21-18(15(13)9-11)22-19-14-6-4-12(2)10-16(14)17(20)23-24-19/h3-10H,1-2H3,(H2,20,23)(H,21,22,24). The number of nitrogen functional groups attached to an aromatic ring is 1. The summed E-state index contributed by atoms with van der Waals surface area (Å²) in [6, 6.07) is 14.4. The van der Waals surface area contributed by atoms with E-state index in [4.69, 9.17) is 5.73 Å². The van der Waals surface area contributed by atoms with E-state index in [1.807, 2.05) is 31.2 Å². The number of aryl methyl sites for hydroxylation is 2. The lowest BCUT2D eigenvalue weighted by atomic mass is 10.1. The molecule has 24 heavy (non-hydrogen) atoms. The SMILES string of the molecule is Cc1ccc2ccnc(Nc3nnc(N)c4cc(C)ccc34)c2c1. The first-order valence-electron chi connectivity index (χ1n) is 7.77. The van der Waals surface area contributed by atoms with Crippen LogP contribution in [0.1, 0.15) is 11.1 Å². The summed E-state index contributed by atoms with van der Waals surface area (Å²) >= 11 is 0. The van der Waals surface area contributed by atoms with Gasteiger partial charge in [0.2, 0.25) is 0 Å². The van der Waals surface area contributed by atoms with Crippen molar-refractivity contribution in [2.24, 2.45) is 0 Å². The van der Waals surface area contributed by atoms with Crippen molar-refractivity contribution in [3.8, 4) is 0 Å². The number of benzene rings is 2. The summed E-state index contributed by atoms with van der Waals surface area (Å²) in [5.74, 6) is 1.85. The molecule has 0 unspecified atom stereocenters. The molecular formula is C19H17N5. The van der Waals surface area contributed by atoms with E-state index < -0.39 is 0 Å². The number of fused-ring (bicyclic) bond motifs is 2. The Labute approximate surface area is 139 Å². The minimum Gasteiger partial charge on any atom is -0.382 e. The topological polar surface area (TPSA) is 76.7 Å². The van der Waals surface area contributed by atoms with Crippen LogP contribution >= 0.6 is 0 Å². The van der Waals surface area contributed by atoms with Crippen molar-refractivity contribution in [1.82, 2.24) is 15.2 Å². The Morgan fingerprint density at radius 2 is 1.54 bits per heavy atom. The Balaban J connectivity index is 1.89. The summed E-state index contributed by atoms with van der Waals surface area (Å²) < 4.78 is 0. The predicted octanol–water partition coefficient (Wildman–Crippen LogP) is 4.12. The molecule has 0 atom stereocenters. The van der Waals surface area contributed by atoms with Crippen molar-refractivity contribution < 1.29 is 0 Å². The second kappa shape index (κ2) is 5.45. The van der Waals surface area contributed by atoms with Crippen LogP contribution < -0.4 is 11.1 Å². The van der Waals surface area contributed by atoms with E-state index in [1.165, 1.54) is 5.56 Å². The maximum absolute atomic E-state index is 5.98. The molecule has 0 aliphatic heterocycles. The van der Waals surface area contributed by atoms with E-state index in [9.17, 15) is 0 Å². The summed E-state index contributed by atoms with van der Waals surface area (Å²) in [5, 5.41) is 15.6. The van der Waals surface area contributed by atoms with Crippen molar-refractivity contribution >= 4 is 39.0 Å². The van der Waals surface area contributed by atoms with Crippen LogP contribution in [0.5, 0.6) is 0 Å². The molecule has 4 aromatic rings. The fraction of sp³-hybridized carbons (Fsp3) is 0.105. The van der Waals surface area contributed by atoms with Gasteiger partial charge in [0.05, 0.1) is 0 Å². The molecule has 0 fully saturated rings. The monoisotopic (exact) mass is 315 g/mol. The number of hydrogen-bond acceptors (Lipinski definition) is 5. The van der Waals surface area contributed by atoms with Gasteiger partial charge in [-0.3, -0.25) is 0 Å². The quantitative estimate of drug-likeness (QED) is 0.582. The molecule has 3 N–H and O–H groups in total. The lowest BCUT2D eigenvalue weighted by molar-refractivity contribution is 1.06. The van der Waals surface area contributed by atoms with Crippen LogP contribution in [0.4, 0.5) is 17.5 Å². The molecule has 5 heteroatoms. The van der Waals surface area contributed by atoms with Gasteiger partial charge in [-0.1, -0.05) is 35.4 Å². The molecule has 0 aliphatic carbocycles. The molecule has 0 radical (unpaired) electrons. The van der Waals surface area contributed by atoms with Crippen LogP contribution in [0, 0.1) is 13.8 Å². The van der Waals surface area contributed by atoms with Crippen molar-refractivity contribution in [3.05, 3.63) is 59.8 Å². The molecule has 0 spiro atoms. The zero-order chi connectivity index (χ0) is 16.7. The van der Waals surface area contributed by atoms with Crippen LogP contribution in [0.2, 0.25) is 0 Å². The Hall–Kier alpha value is -3.21. The average molecular weight is 315 g/mol. The lowest BCUT2D eigenvalue weighted by Crippen LogP contribution is -2.02. The number of anilines is 3. The van der Waals surface area contributed by atoms with Crippen LogP contribution in [0.25, 0.3) is 21.5 Å². The van der Waals surface area contributed by atoms with Gasteiger partial charge in [0.1, 0.15) is 5.82 Å². The van der Waals surface area contributed by atoms with Gasteiger partial charge < -0.3 is 11.1 Å². The van der Waals surface area contributed by atoms with Crippen LogP contribution in [0.3, 0.4) is 0 Å². The molecule has 0 amide bonds. The fourth-order valence-electron chi connectivity index (χ4n) is 2.87. The van der Waals surface area contributed by atoms with Crippen molar-refractivity contribution in [2.75, 3.05) is 11.1 Å². The highest BCUT2D eigenvalue weighted by molar-refractivity contribution is 6.01. The third-order valence-electron chi connectivity index (χ3n) is 4.12. The molecule has 0 saturated heterocycles. The van der Waals surface area contributed by atoms with Crippen molar-refractivity contribution in [3.63, 3.8) is 0 Å². The van der Waals surface area contributed by atoms with Gasteiger partial charge in [0.25, 0.3) is 0 Å². The number of nitrogens with one attached hydrogen (secondary N) is 1. The van der Waals surface area contributed by atoms with Crippen LogP contribution in [-0.2, 0) is 0 Å². The third-order valence-corrected chi connectivity index (χ3v) is 4.12. The maximum atomic E-state index is 5.98. The number of aromatic nitrogens is 3. The smallest absolute Gasteiger partial charge is 0.162 e. The average Bonchev–Trinajstić information content (AvgIpc) is 2.58. The number of pyridine rings is 1. The molecule has 2 heterocycles. The van der Waals surface area contributed by atoms with Crippen molar-refractivity contribution in [1.29, 1.82) is 0 Å². The lowest BCUT2D eigenvalue weighted by Gasteiger charge is -2.11. The first-order valence-corrected chi connectivity index (χ1v) is 7.77. The fourth-order valence-corrected chi connectivity index (χ4v) is 2.87. The summed E-state index contributed by atoms with van der Waals surface area (Å²) in [6.07, 6.45) is 1.79. The first-order chi connectivity index (χ1) is 11.6. The Morgan fingerprint density at radius 3 is 2.38 bits per heavy atom. The summed E-state index contributed by atoms with van der Waals surface area (Å²) in [5.41, 5.74) is 8.30. The van der Waals surface area contributed by atoms with Gasteiger partial charge in [-0.15, -0.1) is 10.2 Å². The van der Waals surface area contributed by atoms with Crippen molar-refractivity contribution in [2.45, 2.75) is 13.8 Å². The van der Waals surface area contributed by atoms with Gasteiger partial charge >= 0.3 is 0 Å². The molecule has 2 aromatic carbocycles. The normalized spacial score (nSPS) is 11.1. The molecule has 5 nitrogen and oxygen atoms in total. The molecule has 0 aliphatic rings. The Morgan fingerprint density at radius 1 is 0.792 bits per heavy atom. The molecule has 4 rings (SSSR count).